The van der Waals surface area contributed by atoms with Gasteiger partial charge in [-0.1, -0.05) is 6.42 Å². The molecule has 1 saturated carbocycles. The Morgan fingerprint density at radius 2 is 2.27 bits per heavy atom. The van der Waals surface area contributed by atoms with Crippen molar-refractivity contribution in [1.29, 1.82) is 0 Å². The fourth-order valence-corrected chi connectivity index (χ4v) is 2.11. The molecule has 0 aromatic heterocycles. The molecule has 3 unspecified atom stereocenters. The molecule has 1 rings (SSSR count). The number of carbonyl (C=O) groups excluding carboxylic acids is 1. The van der Waals surface area contributed by atoms with Crippen molar-refractivity contribution in [2.24, 2.45) is 5.92 Å². The fraction of sp³-hybridized carbons (Fsp3) is 0.909. The number of hydrogen-bond donors (Lipinski definition) is 1. The Morgan fingerprint density at radius 1 is 1.60 bits per heavy atom. The molecule has 0 saturated heterocycles. The molecule has 1 fully saturated rings. The zero-order valence-electron chi connectivity index (χ0n) is 9.77. The van der Waals surface area contributed by atoms with Crippen LogP contribution in [-0.4, -0.2) is 48.8 Å². The summed E-state index contributed by atoms with van der Waals surface area (Å²) >= 11 is 0. The molecule has 4 nitrogen and oxygen atoms in total. The minimum absolute atomic E-state index is 0.197. The Hall–Kier alpha value is -0.610. The first kappa shape index (κ1) is 12.5. The molecule has 0 spiro atoms. The summed E-state index contributed by atoms with van der Waals surface area (Å²) in [5.74, 6) is 0.0899. The van der Waals surface area contributed by atoms with Crippen LogP contribution in [0.1, 0.15) is 26.2 Å². The standard InChI is InChI=1S/C11H21NO3/c1-8(11(14)15-3)12(2)7-9-5-4-6-10(9)13/h8-10,13H,4-7H2,1-3H3. The van der Waals surface area contributed by atoms with Crippen LogP contribution >= 0.6 is 0 Å². The van der Waals surface area contributed by atoms with Gasteiger partial charge in [0, 0.05) is 6.54 Å². The molecule has 0 aromatic carbocycles. The Morgan fingerprint density at radius 3 is 2.73 bits per heavy atom. The molecule has 0 amide bonds. The van der Waals surface area contributed by atoms with Crippen LogP contribution in [0.5, 0.6) is 0 Å². The van der Waals surface area contributed by atoms with E-state index in [0.29, 0.717) is 5.92 Å². The van der Waals surface area contributed by atoms with Gasteiger partial charge >= 0.3 is 5.97 Å². The van der Waals surface area contributed by atoms with E-state index in [-0.39, 0.29) is 18.1 Å². The highest BCUT2D eigenvalue weighted by atomic mass is 16.5. The fourth-order valence-electron chi connectivity index (χ4n) is 2.11. The first-order valence-electron chi connectivity index (χ1n) is 5.52. The molecule has 1 N–H and O–H groups in total. The van der Waals surface area contributed by atoms with Gasteiger partial charge in [0.2, 0.25) is 0 Å². The number of likely N-dealkylation sites (N-methyl/N-ethyl adjacent to an activating group) is 1. The number of hydrogen-bond acceptors (Lipinski definition) is 4. The van der Waals surface area contributed by atoms with E-state index in [9.17, 15) is 9.90 Å². The van der Waals surface area contributed by atoms with E-state index >= 15 is 0 Å². The van der Waals surface area contributed by atoms with Crippen molar-refractivity contribution in [2.75, 3.05) is 20.7 Å². The van der Waals surface area contributed by atoms with Crippen LogP contribution in [0.15, 0.2) is 0 Å². The Balaban J connectivity index is 2.40. The summed E-state index contributed by atoms with van der Waals surface area (Å²) in [5, 5.41) is 9.67. The van der Waals surface area contributed by atoms with Gasteiger partial charge in [-0.25, -0.2) is 0 Å². The Kier molecular flexibility index (Phi) is 4.54. The third-order valence-corrected chi connectivity index (χ3v) is 3.34. The van der Waals surface area contributed by atoms with Gasteiger partial charge in [-0.2, -0.15) is 0 Å². The normalized spacial score (nSPS) is 28.1. The molecule has 0 aliphatic heterocycles. The summed E-state index contributed by atoms with van der Waals surface area (Å²) in [6, 6.07) is -0.234. The van der Waals surface area contributed by atoms with Crippen molar-refractivity contribution >= 4 is 5.97 Å². The summed E-state index contributed by atoms with van der Waals surface area (Å²) in [7, 11) is 3.30. The molecule has 0 heterocycles. The second-order valence-corrected chi connectivity index (χ2v) is 4.40. The second kappa shape index (κ2) is 5.47. The molecule has 0 aromatic rings. The van der Waals surface area contributed by atoms with E-state index in [0.717, 1.165) is 25.8 Å². The maximum Gasteiger partial charge on any atom is 0.322 e. The van der Waals surface area contributed by atoms with Crippen molar-refractivity contribution in [1.82, 2.24) is 4.90 Å². The number of carbonyl (C=O) groups is 1. The first-order chi connectivity index (χ1) is 7.06. The number of aliphatic hydroxyl groups excluding tert-OH is 1. The molecule has 15 heavy (non-hydrogen) atoms. The Bertz CT molecular complexity index is 220. The van der Waals surface area contributed by atoms with Gasteiger partial charge in [0.05, 0.1) is 13.2 Å². The highest BCUT2D eigenvalue weighted by Gasteiger charge is 2.28. The van der Waals surface area contributed by atoms with Crippen LogP contribution in [0.3, 0.4) is 0 Å². The summed E-state index contributed by atoms with van der Waals surface area (Å²) in [6.07, 6.45) is 2.84. The molecule has 1 aliphatic rings. The summed E-state index contributed by atoms with van der Waals surface area (Å²) in [6.45, 7) is 2.59. The van der Waals surface area contributed by atoms with Crippen LogP contribution in [0.4, 0.5) is 0 Å². The van der Waals surface area contributed by atoms with Crippen molar-refractivity contribution in [3.05, 3.63) is 0 Å². The van der Waals surface area contributed by atoms with E-state index in [1.54, 1.807) is 0 Å². The quantitative estimate of drug-likeness (QED) is 0.699. The maximum atomic E-state index is 11.3. The van der Waals surface area contributed by atoms with Crippen LogP contribution in [-0.2, 0) is 9.53 Å². The zero-order valence-corrected chi connectivity index (χ0v) is 9.77. The lowest BCUT2D eigenvalue weighted by Gasteiger charge is -2.26. The molecule has 3 atom stereocenters. The maximum absolute atomic E-state index is 11.3. The highest BCUT2D eigenvalue weighted by Crippen LogP contribution is 2.26. The zero-order chi connectivity index (χ0) is 11.4. The molecule has 88 valence electrons. The summed E-state index contributed by atoms with van der Waals surface area (Å²) < 4.78 is 4.68. The van der Waals surface area contributed by atoms with Gasteiger partial charge in [0.1, 0.15) is 6.04 Å². The average Bonchev–Trinajstić information content (AvgIpc) is 2.62. The lowest BCUT2D eigenvalue weighted by Crippen LogP contribution is -2.41. The minimum atomic E-state index is -0.234. The van der Waals surface area contributed by atoms with Crippen molar-refractivity contribution in [3.63, 3.8) is 0 Å². The van der Waals surface area contributed by atoms with Crippen LogP contribution in [0.25, 0.3) is 0 Å². The van der Waals surface area contributed by atoms with E-state index in [1.165, 1.54) is 7.11 Å². The smallest absolute Gasteiger partial charge is 0.322 e. The molecule has 0 radical (unpaired) electrons. The number of aliphatic hydroxyl groups is 1. The molecule has 1 aliphatic carbocycles. The molecule has 0 bridgehead atoms. The van der Waals surface area contributed by atoms with E-state index < -0.39 is 0 Å². The van der Waals surface area contributed by atoms with Crippen LogP contribution < -0.4 is 0 Å². The SMILES string of the molecule is COC(=O)C(C)N(C)CC1CCCC1O. The van der Waals surface area contributed by atoms with Crippen molar-refractivity contribution < 1.29 is 14.6 Å². The van der Waals surface area contributed by atoms with Gasteiger partial charge in [0.25, 0.3) is 0 Å². The van der Waals surface area contributed by atoms with Gasteiger partial charge in [-0.3, -0.25) is 9.69 Å². The largest absolute Gasteiger partial charge is 0.468 e. The highest BCUT2D eigenvalue weighted by molar-refractivity contribution is 5.75. The molecular weight excluding hydrogens is 194 g/mol. The van der Waals surface area contributed by atoms with E-state index in [1.807, 2.05) is 18.9 Å². The summed E-state index contributed by atoms with van der Waals surface area (Å²) in [5.41, 5.74) is 0. The summed E-state index contributed by atoms with van der Waals surface area (Å²) in [4.78, 5) is 13.2. The van der Waals surface area contributed by atoms with Gasteiger partial charge in [-0.15, -0.1) is 0 Å². The van der Waals surface area contributed by atoms with Gasteiger partial charge in [0.15, 0.2) is 0 Å². The van der Waals surface area contributed by atoms with Crippen molar-refractivity contribution in [2.45, 2.75) is 38.3 Å². The minimum Gasteiger partial charge on any atom is -0.468 e. The third kappa shape index (κ3) is 3.18. The topological polar surface area (TPSA) is 49.8 Å². The van der Waals surface area contributed by atoms with E-state index in [4.69, 9.17) is 0 Å². The monoisotopic (exact) mass is 215 g/mol. The Labute approximate surface area is 91.2 Å². The predicted molar refractivity (Wildman–Crippen MR) is 57.5 cm³/mol. The number of nitrogens with zero attached hydrogens (tertiary/aromatic N) is 1. The second-order valence-electron chi connectivity index (χ2n) is 4.40. The lowest BCUT2D eigenvalue weighted by molar-refractivity contribution is -0.146. The predicted octanol–water partition coefficient (Wildman–Crippen LogP) is 0.641. The van der Waals surface area contributed by atoms with Crippen LogP contribution in [0.2, 0.25) is 0 Å². The lowest BCUT2D eigenvalue weighted by atomic mass is 10.1. The number of ether oxygens (including phenoxy) is 1. The van der Waals surface area contributed by atoms with Crippen LogP contribution in [0, 0.1) is 5.92 Å². The van der Waals surface area contributed by atoms with Gasteiger partial charge in [-0.05, 0) is 32.7 Å². The number of esters is 1. The number of methoxy groups -OCH3 is 1. The van der Waals surface area contributed by atoms with E-state index in [2.05, 4.69) is 4.74 Å². The third-order valence-electron chi connectivity index (χ3n) is 3.34. The number of rotatable bonds is 4. The molecular formula is C11H21NO3. The first-order valence-corrected chi connectivity index (χ1v) is 5.52. The molecule has 4 heteroatoms. The van der Waals surface area contributed by atoms with Gasteiger partial charge < -0.3 is 9.84 Å². The van der Waals surface area contributed by atoms with Crippen molar-refractivity contribution in [3.8, 4) is 0 Å². The average molecular weight is 215 g/mol.